The van der Waals surface area contributed by atoms with Crippen LogP contribution in [0.4, 0.5) is 11.4 Å². The molecule has 3 aromatic heterocycles. The number of aromatic nitrogens is 4. The Kier molecular flexibility index (Phi) is 9.47. The van der Waals surface area contributed by atoms with Crippen LogP contribution in [0, 0.1) is 0 Å². The van der Waals surface area contributed by atoms with Crippen molar-refractivity contribution in [2.24, 2.45) is 7.05 Å². The summed E-state index contributed by atoms with van der Waals surface area (Å²) < 4.78 is 18.3. The summed E-state index contributed by atoms with van der Waals surface area (Å²) in [4.78, 5) is 86.1. The Hall–Kier alpha value is -6.75. The minimum absolute atomic E-state index is 0.0675. The van der Waals surface area contributed by atoms with E-state index in [0.717, 1.165) is 9.80 Å². The Bertz CT molecular complexity index is 2340. The monoisotopic (exact) mass is 720 g/mol. The second-order valence-electron chi connectivity index (χ2n) is 12.2. The van der Waals surface area contributed by atoms with Crippen LogP contribution in [0.1, 0.15) is 44.0 Å². The van der Waals surface area contributed by atoms with E-state index in [-0.39, 0.29) is 66.8 Å². The summed E-state index contributed by atoms with van der Waals surface area (Å²) in [5, 5.41) is 10.1. The van der Waals surface area contributed by atoms with Gasteiger partial charge in [0.1, 0.15) is 35.3 Å². The number of hydrogen-bond acceptors (Lipinski definition) is 13. The van der Waals surface area contributed by atoms with Crippen LogP contribution in [0.5, 0.6) is 5.75 Å². The van der Waals surface area contributed by atoms with Gasteiger partial charge in [0.2, 0.25) is 11.8 Å². The Morgan fingerprint density at radius 1 is 0.962 bits per heavy atom. The fourth-order valence-corrected chi connectivity index (χ4v) is 5.98. The molecule has 0 saturated carbocycles. The second-order valence-corrected chi connectivity index (χ2v) is 12.2. The predicted octanol–water partition coefficient (Wildman–Crippen LogP) is 2.49. The SMILES string of the molecule is CN1C(=O)CCC(N2C(=O)c3cccc(NCCOCCOc4ccc(C(=O)Nc5ccc6oc(-c7ccc(=O)n(C)n7)nc6c5)nc4)c3C2=O)C1=O. The number of pyridine rings is 1. The molecule has 1 unspecified atom stereocenters. The minimum Gasteiger partial charge on any atom is -0.490 e. The number of benzene rings is 2. The quantitative estimate of drug-likeness (QED) is 0.140. The lowest BCUT2D eigenvalue weighted by Gasteiger charge is -2.32. The Labute approximate surface area is 300 Å². The van der Waals surface area contributed by atoms with Crippen molar-refractivity contribution in [2.45, 2.75) is 18.9 Å². The van der Waals surface area contributed by atoms with Gasteiger partial charge in [-0.3, -0.25) is 38.6 Å². The average Bonchev–Trinajstić information content (AvgIpc) is 3.69. The lowest BCUT2D eigenvalue weighted by atomic mass is 10.0. The molecule has 0 radical (unpaired) electrons. The van der Waals surface area contributed by atoms with Crippen molar-refractivity contribution in [3.63, 3.8) is 0 Å². The highest BCUT2D eigenvalue weighted by Crippen LogP contribution is 2.33. The number of likely N-dealkylation sites (tertiary alicyclic amines) is 1. The number of aryl methyl sites for hydroxylation is 1. The van der Waals surface area contributed by atoms with Crippen molar-refractivity contribution in [1.29, 1.82) is 0 Å². The number of ether oxygens (including phenoxy) is 2. The number of anilines is 2. The first kappa shape index (κ1) is 34.7. The molecule has 2 aliphatic heterocycles. The van der Waals surface area contributed by atoms with Crippen LogP contribution >= 0.6 is 0 Å². The zero-order valence-corrected chi connectivity index (χ0v) is 28.5. The van der Waals surface area contributed by atoms with Gasteiger partial charge in [-0.2, -0.15) is 5.10 Å². The maximum absolute atomic E-state index is 13.3. The molecule has 2 aromatic carbocycles. The number of nitrogens with one attached hydrogen (secondary N) is 2. The van der Waals surface area contributed by atoms with Gasteiger partial charge in [0.15, 0.2) is 5.58 Å². The molecule has 0 spiro atoms. The molecule has 0 aliphatic carbocycles. The summed E-state index contributed by atoms with van der Waals surface area (Å²) in [5.41, 5.74) is 2.57. The molecule has 2 N–H and O–H groups in total. The predicted molar refractivity (Wildman–Crippen MR) is 187 cm³/mol. The summed E-state index contributed by atoms with van der Waals surface area (Å²) in [7, 11) is 2.88. The summed E-state index contributed by atoms with van der Waals surface area (Å²) >= 11 is 0. The third kappa shape index (κ3) is 6.96. The molecule has 1 saturated heterocycles. The molecule has 5 amide bonds. The van der Waals surface area contributed by atoms with Crippen LogP contribution in [0.15, 0.2) is 76.1 Å². The van der Waals surface area contributed by atoms with E-state index in [0.29, 0.717) is 40.5 Å². The van der Waals surface area contributed by atoms with Gasteiger partial charge in [-0.1, -0.05) is 6.07 Å². The smallest absolute Gasteiger partial charge is 0.274 e. The molecule has 1 fully saturated rings. The van der Waals surface area contributed by atoms with Gasteiger partial charge >= 0.3 is 0 Å². The summed E-state index contributed by atoms with van der Waals surface area (Å²) in [6, 6.07) is 14.9. The molecule has 1 atom stereocenters. The van der Waals surface area contributed by atoms with E-state index in [1.165, 1.54) is 49.2 Å². The average molecular weight is 721 g/mol. The highest BCUT2D eigenvalue weighted by Gasteiger charge is 2.47. The van der Waals surface area contributed by atoms with Gasteiger partial charge in [-0.15, -0.1) is 0 Å². The van der Waals surface area contributed by atoms with Crippen molar-refractivity contribution in [2.75, 3.05) is 44.0 Å². The Morgan fingerprint density at radius 2 is 1.81 bits per heavy atom. The topological polar surface area (TPSA) is 208 Å². The molecular weight excluding hydrogens is 688 g/mol. The Morgan fingerprint density at radius 3 is 2.60 bits per heavy atom. The number of amides is 5. The van der Waals surface area contributed by atoms with Crippen LogP contribution in [0.25, 0.3) is 22.7 Å². The summed E-state index contributed by atoms with van der Waals surface area (Å²) in [5.74, 6) is -1.84. The van der Waals surface area contributed by atoms with E-state index in [1.54, 1.807) is 36.4 Å². The number of carbonyl (C=O) groups excluding carboxylic acids is 5. The van der Waals surface area contributed by atoms with Crippen molar-refractivity contribution < 1.29 is 37.9 Å². The van der Waals surface area contributed by atoms with Gasteiger partial charge in [0, 0.05) is 44.5 Å². The van der Waals surface area contributed by atoms with Crippen LogP contribution < -0.4 is 20.9 Å². The van der Waals surface area contributed by atoms with Crippen LogP contribution in [-0.2, 0) is 21.4 Å². The summed E-state index contributed by atoms with van der Waals surface area (Å²) in [6.07, 6.45) is 1.59. The van der Waals surface area contributed by atoms with Crippen molar-refractivity contribution in [3.8, 4) is 17.3 Å². The normalized spacial score (nSPS) is 15.6. The molecule has 17 nitrogen and oxygen atoms in total. The van der Waals surface area contributed by atoms with Crippen LogP contribution in [-0.4, -0.2) is 98.5 Å². The summed E-state index contributed by atoms with van der Waals surface area (Å²) in [6.45, 7) is 1.02. The largest absolute Gasteiger partial charge is 0.490 e. The van der Waals surface area contributed by atoms with Crippen LogP contribution in [0.2, 0.25) is 0 Å². The first-order valence-electron chi connectivity index (χ1n) is 16.6. The number of rotatable bonds is 12. The van der Waals surface area contributed by atoms with E-state index in [2.05, 4.69) is 25.7 Å². The molecule has 270 valence electrons. The number of hydrogen-bond donors (Lipinski definition) is 2. The molecule has 2 aliphatic rings. The number of nitrogens with zero attached hydrogens (tertiary/aromatic N) is 6. The second kappa shape index (κ2) is 14.5. The molecule has 0 bridgehead atoms. The number of fused-ring (bicyclic) bond motifs is 2. The maximum Gasteiger partial charge on any atom is 0.274 e. The van der Waals surface area contributed by atoms with Gasteiger partial charge in [-0.25, -0.2) is 14.6 Å². The number of imide groups is 2. The molecule has 17 heteroatoms. The molecule has 7 rings (SSSR count). The van der Waals surface area contributed by atoms with E-state index < -0.39 is 29.7 Å². The highest BCUT2D eigenvalue weighted by atomic mass is 16.5. The molecule has 53 heavy (non-hydrogen) atoms. The van der Waals surface area contributed by atoms with Crippen molar-refractivity contribution in [1.82, 2.24) is 29.5 Å². The van der Waals surface area contributed by atoms with E-state index in [9.17, 15) is 28.8 Å². The lowest BCUT2D eigenvalue weighted by molar-refractivity contribution is -0.149. The van der Waals surface area contributed by atoms with E-state index in [4.69, 9.17) is 13.9 Å². The Balaban J connectivity index is 0.854. The fourth-order valence-electron chi connectivity index (χ4n) is 5.98. The molecular formula is C36H32N8O9. The van der Waals surface area contributed by atoms with Crippen molar-refractivity contribution >= 4 is 52.0 Å². The number of oxazole rings is 1. The number of carbonyl (C=O) groups is 5. The van der Waals surface area contributed by atoms with E-state index >= 15 is 0 Å². The number of piperidine rings is 1. The molecule has 5 heterocycles. The van der Waals surface area contributed by atoms with Gasteiger partial charge in [0.05, 0.1) is 30.5 Å². The van der Waals surface area contributed by atoms with Gasteiger partial charge in [-0.05, 0) is 55.0 Å². The zero-order chi connectivity index (χ0) is 37.2. The van der Waals surface area contributed by atoms with E-state index in [1.807, 2.05) is 0 Å². The standard InChI is InChI=1S/C36H32N8O9/c1-42-29(45)13-10-27(35(42)49)44-34(48)22-4-3-5-23(31(22)36(44)50)37-14-15-51-16-17-52-21-7-8-24(38-19-21)32(47)39-20-6-11-28-26(18-20)40-33(53-28)25-9-12-30(46)43(2)41-25/h3-9,11-12,18-19,27,37H,10,13-17H2,1-2H3,(H,39,47). The zero-order valence-electron chi connectivity index (χ0n) is 28.5. The fraction of sp³-hybridized carbons (Fsp3) is 0.250. The molecule has 5 aromatic rings. The van der Waals surface area contributed by atoms with Gasteiger partial charge in [0.25, 0.3) is 29.2 Å². The minimum atomic E-state index is -1.03. The van der Waals surface area contributed by atoms with Crippen molar-refractivity contribution in [3.05, 3.63) is 94.0 Å². The first-order chi connectivity index (χ1) is 25.6. The highest BCUT2D eigenvalue weighted by molar-refractivity contribution is 6.25. The lowest BCUT2D eigenvalue weighted by Crippen LogP contribution is -2.54. The third-order valence-corrected chi connectivity index (χ3v) is 8.73. The maximum atomic E-state index is 13.3. The third-order valence-electron chi connectivity index (χ3n) is 8.73. The van der Waals surface area contributed by atoms with Gasteiger partial charge < -0.3 is 24.5 Å². The number of likely N-dealkylation sites (N-methyl/N-ethyl adjacent to an activating group) is 1. The van der Waals surface area contributed by atoms with Crippen LogP contribution in [0.3, 0.4) is 0 Å². The first-order valence-corrected chi connectivity index (χ1v) is 16.6.